The number of benzene rings is 1. The van der Waals surface area contributed by atoms with Gasteiger partial charge < -0.3 is 5.73 Å². The molecule has 2 unspecified atom stereocenters. The van der Waals surface area contributed by atoms with Crippen molar-refractivity contribution in [1.82, 2.24) is 0 Å². The molecule has 0 spiro atoms. The van der Waals surface area contributed by atoms with E-state index in [-0.39, 0.29) is 6.04 Å². The van der Waals surface area contributed by atoms with Gasteiger partial charge in [0.05, 0.1) is 0 Å². The van der Waals surface area contributed by atoms with E-state index in [9.17, 15) is 4.21 Å². The van der Waals surface area contributed by atoms with Gasteiger partial charge in [0.2, 0.25) is 0 Å². The highest BCUT2D eigenvalue weighted by Crippen LogP contribution is 2.16. The number of aryl methyl sites for hydroxylation is 2. The Bertz CT molecular complexity index is 381. The zero-order chi connectivity index (χ0) is 13.0. The zero-order valence-corrected chi connectivity index (χ0v) is 12.0. The van der Waals surface area contributed by atoms with Crippen LogP contribution in [-0.4, -0.2) is 15.7 Å². The molecule has 0 fully saturated rings. The maximum Gasteiger partial charge on any atom is 0.0428 e. The van der Waals surface area contributed by atoms with Gasteiger partial charge in [0.25, 0.3) is 0 Å². The molecule has 0 saturated carbocycles. The summed E-state index contributed by atoms with van der Waals surface area (Å²) in [5.74, 6) is 1.75. The second kappa shape index (κ2) is 6.31. The van der Waals surface area contributed by atoms with Crippen molar-refractivity contribution < 1.29 is 4.21 Å². The van der Waals surface area contributed by atoms with Gasteiger partial charge in [-0.05, 0) is 25.3 Å². The molecule has 0 heterocycles. The lowest BCUT2D eigenvalue weighted by molar-refractivity contribution is 0.657. The van der Waals surface area contributed by atoms with E-state index < -0.39 is 10.8 Å². The molecule has 0 bridgehead atoms. The van der Waals surface area contributed by atoms with Crippen LogP contribution in [0.25, 0.3) is 0 Å². The van der Waals surface area contributed by atoms with E-state index in [1.54, 1.807) is 0 Å². The van der Waals surface area contributed by atoms with Crippen LogP contribution in [0.15, 0.2) is 18.2 Å². The lowest BCUT2D eigenvalue weighted by Crippen LogP contribution is -2.21. The third kappa shape index (κ3) is 5.00. The predicted octanol–water partition coefficient (Wildman–Crippen LogP) is 2.71. The molecule has 0 aliphatic carbocycles. The standard InChI is InChI=1S/C14H23NOS/c1-10(2)8-17(16)9-14(15)13-6-11(3)5-12(4)7-13/h5-7,10,14H,8-9,15H2,1-4H3. The topological polar surface area (TPSA) is 43.1 Å². The van der Waals surface area contributed by atoms with E-state index in [0.29, 0.717) is 11.7 Å². The van der Waals surface area contributed by atoms with Crippen molar-refractivity contribution in [2.75, 3.05) is 11.5 Å². The first-order valence-corrected chi connectivity index (χ1v) is 7.56. The molecule has 2 N–H and O–H groups in total. The maximum absolute atomic E-state index is 11.8. The van der Waals surface area contributed by atoms with Crippen LogP contribution in [0.2, 0.25) is 0 Å². The van der Waals surface area contributed by atoms with Crippen LogP contribution in [0.1, 0.15) is 36.6 Å². The maximum atomic E-state index is 11.8. The number of hydrogen-bond acceptors (Lipinski definition) is 2. The first kappa shape index (κ1) is 14.4. The van der Waals surface area contributed by atoms with Crippen LogP contribution in [0, 0.1) is 19.8 Å². The van der Waals surface area contributed by atoms with Crippen LogP contribution in [0.4, 0.5) is 0 Å². The highest BCUT2D eigenvalue weighted by Gasteiger charge is 2.12. The highest BCUT2D eigenvalue weighted by molar-refractivity contribution is 7.85. The van der Waals surface area contributed by atoms with E-state index in [1.165, 1.54) is 11.1 Å². The molecule has 0 aliphatic heterocycles. The van der Waals surface area contributed by atoms with Crippen molar-refractivity contribution in [3.8, 4) is 0 Å². The summed E-state index contributed by atoms with van der Waals surface area (Å²) in [6, 6.07) is 6.18. The minimum atomic E-state index is -0.819. The van der Waals surface area contributed by atoms with Crippen molar-refractivity contribution in [1.29, 1.82) is 0 Å². The molecular weight excluding hydrogens is 230 g/mol. The summed E-state index contributed by atoms with van der Waals surface area (Å²) in [7, 11) is -0.819. The molecule has 1 aromatic rings. The Balaban J connectivity index is 2.69. The van der Waals surface area contributed by atoms with Gasteiger partial charge in [-0.1, -0.05) is 43.2 Å². The molecule has 0 aromatic heterocycles. The molecule has 0 radical (unpaired) electrons. The summed E-state index contributed by atoms with van der Waals surface area (Å²) >= 11 is 0. The van der Waals surface area contributed by atoms with Gasteiger partial charge in [-0.2, -0.15) is 0 Å². The van der Waals surface area contributed by atoms with Gasteiger partial charge >= 0.3 is 0 Å². The first-order valence-electron chi connectivity index (χ1n) is 6.07. The molecule has 17 heavy (non-hydrogen) atoms. The van der Waals surface area contributed by atoms with Gasteiger partial charge in [0, 0.05) is 28.3 Å². The molecule has 1 rings (SSSR count). The summed E-state index contributed by atoms with van der Waals surface area (Å²) < 4.78 is 11.8. The second-order valence-electron chi connectivity index (χ2n) is 5.19. The van der Waals surface area contributed by atoms with Gasteiger partial charge in [-0.3, -0.25) is 4.21 Å². The summed E-state index contributed by atoms with van der Waals surface area (Å²) in [6.45, 7) is 8.29. The number of nitrogens with two attached hydrogens (primary N) is 1. The second-order valence-corrected chi connectivity index (χ2v) is 6.74. The summed E-state index contributed by atoms with van der Waals surface area (Å²) in [5, 5.41) is 0. The Kier molecular flexibility index (Phi) is 5.34. The fourth-order valence-electron chi connectivity index (χ4n) is 1.96. The highest BCUT2D eigenvalue weighted by atomic mass is 32.2. The zero-order valence-electron chi connectivity index (χ0n) is 11.2. The lowest BCUT2D eigenvalue weighted by atomic mass is 10.0. The molecule has 0 aliphatic rings. The Morgan fingerprint density at radius 1 is 1.12 bits per heavy atom. The van der Waals surface area contributed by atoms with Crippen molar-refractivity contribution in [3.05, 3.63) is 34.9 Å². The van der Waals surface area contributed by atoms with Crippen molar-refractivity contribution >= 4 is 10.8 Å². The van der Waals surface area contributed by atoms with E-state index >= 15 is 0 Å². The third-order valence-electron chi connectivity index (χ3n) is 2.56. The molecule has 1 aromatic carbocycles. The monoisotopic (exact) mass is 253 g/mol. The van der Waals surface area contributed by atoms with Crippen molar-refractivity contribution in [3.63, 3.8) is 0 Å². The van der Waals surface area contributed by atoms with Crippen LogP contribution >= 0.6 is 0 Å². The Morgan fingerprint density at radius 3 is 2.12 bits per heavy atom. The minimum absolute atomic E-state index is 0.117. The molecule has 3 heteroatoms. The van der Waals surface area contributed by atoms with Crippen molar-refractivity contribution in [2.24, 2.45) is 11.7 Å². The molecule has 96 valence electrons. The van der Waals surface area contributed by atoms with Crippen LogP contribution in [0.5, 0.6) is 0 Å². The average molecular weight is 253 g/mol. The van der Waals surface area contributed by atoms with Gasteiger partial charge in [0.15, 0.2) is 0 Å². The van der Waals surface area contributed by atoms with Crippen LogP contribution < -0.4 is 5.73 Å². The summed E-state index contributed by atoms with van der Waals surface area (Å²) in [5.41, 5.74) is 9.64. The Labute approximate surface area is 107 Å². The number of rotatable bonds is 5. The van der Waals surface area contributed by atoms with E-state index in [1.807, 2.05) is 0 Å². The van der Waals surface area contributed by atoms with Gasteiger partial charge in [0.1, 0.15) is 0 Å². The molecule has 2 nitrogen and oxygen atoms in total. The predicted molar refractivity (Wildman–Crippen MR) is 75.6 cm³/mol. The number of hydrogen-bond donors (Lipinski definition) is 1. The van der Waals surface area contributed by atoms with E-state index in [0.717, 1.165) is 11.3 Å². The fraction of sp³-hybridized carbons (Fsp3) is 0.571. The summed E-state index contributed by atoms with van der Waals surface area (Å²) in [6.07, 6.45) is 0. The molecular formula is C14H23NOS. The Morgan fingerprint density at radius 2 is 1.65 bits per heavy atom. The SMILES string of the molecule is Cc1cc(C)cc(C(N)CS(=O)CC(C)C)c1. The Hall–Kier alpha value is -0.670. The molecule has 0 saturated heterocycles. The minimum Gasteiger partial charge on any atom is -0.323 e. The molecule has 2 atom stereocenters. The lowest BCUT2D eigenvalue weighted by Gasteiger charge is -2.14. The van der Waals surface area contributed by atoms with E-state index in [4.69, 9.17) is 5.73 Å². The molecule has 0 amide bonds. The fourth-order valence-corrected chi connectivity index (χ4v) is 3.43. The van der Waals surface area contributed by atoms with E-state index in [2.05, 4.69) is 45.9 Å². The van der Waals surface area contributed by atoms with Crippen LogP contribution in [0.3, 0.4) is 0 Å². The quantitative estimate of drug-likeness (QED) is 0.876. The van der Waals surface area contributed by atoms with Gasteiger partial charge in [-0.15, -0.1) is 0 Å². The van der Waals surface area contributed by atoms with Crippen molar-refractivity contribution in [2.45, 2.75) is 33.7 Å². The third-order valence-corrected chi connectivity index (χ3v) is 4.33. The summed E-state index contributed by atoms with van der Waals surface area (Å²) in [4.78, 5) is 0. The largest absolute Gasteiger partial charge is 0.323 e. The smallest absolute Gasteiger partial charge is 0.0428 e. The normalized spacial score (nSPS) is 14.9. The van der Waals surface area contributed by atoms with Crippen LogP contribution in [-0.2, 0) is 10.8 Å². The first-order chi connectivity index (χ1) is 7.88. The van der Waals surface area contributed by atoms with Gasteiger partial charge in [-0.25, -0.2) is 0 Å². The average Bonchev–Trinajstić information content (AvgIpc) is 2.14.